The predicted molar refractivity (Wildman–Crippen MR) is 100 cm³/mol. The van der Waals surface area contributed by atoms with Gasteiger partial charge in [0.05, 0.1) is 36.8 Å². The van der Waals surface area contributed by atoms with Crippen LogP contribution in [0.15, 0.2) is 41.7 Å². The molecule has 1 amide bonds. The molecule has 2 aromatic rings. The Balaban J connectivity index is 2.32. The average molecular weight is 364 g/mol. The summed E-state index contributed by atoms with van der Waals surface area (Å²) in [4.78, 5) is 16.7. The molecule has 138 valence electrons. The Bertz CT molecular complexity index is 976. The molecule has 3 N–H and O–H groups in total. The number of nitriles is 1. The van der Waals surface area contributed by atoms with Gasteiger partial charge in [-0.1, -0.05) is 6.07 Å². The molecule has 27 heavy (non-hydrogen) atoms. The van der Waals surface area contributed by atoms with Crippen molar-refractivity contribution in [1.29, 1.82) is 5.26 Å². The Morgan fingerprint density at radius 3 is 2.81 bits per heavy atom. The van der Waals surface area contributed by atoms with Crippen LogP contribution in [-0.4, -0.2) is 24.6 Å². The van der Waals surface area contributed by atoms with Crippen LogP contribution in [0, 0.1) is 11.3 Å². The third-order valence-corrected chi connectivity index (χ3v) is 4.48. The number of carbonyl (C=O) groups excluding carboxylic acids is 1. The number of fused-ring (bicyclic) bond motifs is 1. The van der Waals surface area contributed by atoms with Gasteiger partial charge in [0.25, 0.3) is 0 Å². The van der Waals surface area contributed by atoms with E-state index in [4.69, 9.17) is 15.2 Å². The monoisotopic (exact) mass is 364 g/mol. The summed E-state index contributed by atoms with van der Waals surface area (Å²) in [7, 11) is 1.52. The SMILES string of the molecule is CCOc1nccc2c1C(c1ccc(C#N)cc1OC)C(C(N)=O)=C(C)N2. The quantitative estimate of drug-likeness (QED) is 0.844. The Kier molecular flexibility index (Phi) is 4.99. The second kappa shape index (κ2) is 7.38. The first-order valence-corrected chi connectivity index (χ1v) is 8.49. The zero-order valence-electron chi connectivity index (χ0n) is 15.4. The highest BCUT2D eigenvalue weighted by Gasteiger charge is 2.36. The van der Waals surface area contributed by atoms with Crippen molar-refractivity contribution in [3.63, 3.8) is 0 Å². The highest BCUT2D eigenvalue weighted by atomic mass is 16.5. The summed E-state index contributed by atoms with van der Waals surface area (Å²) >= 11 is 0. The number of hydrogen-bond donors (Lipinski definition) is 2. The van der Waals surface area contributed by atoms with Gasteiger partial charge >= 0.3 is 0 Å². The van der Waals surface area contributed by atoms with Crippen molar-refractivity contribution in [2.45, 2.75) is 19.8 Å². The van der Waals surface area contributed by atoms with E-state index in [1.165, 1.54) is 7.11 Å². The summed E-state index contributed by atoms with van der Waals surface area (Å²) in [6, 6.07) is 9.01. The van der Waals surface area contributed by atoms with E-state index >= 15 is 0 Å². The number of anilines is 1. The molecule has 0 bridgehead atoms. The largest absolute Gasteiger partial charge is 0.496 e. The Labute approximate surface area is 157 Å². The minimum atomic E-state index is -0.548. The van der Waals surface area contributed by atoms with Crippen LogP contribution in [0.5, 0.6) is 11.6 Å². The number of nitrogens with one attached hydrogen (secondary N) is 1. The van der Waals surface area contributed by atoms with Crippen LogP contribution in [0.3, 0.4) is 0 Å². The second-order valence-corrected chi connectivity index (χ2v) is 6.04. The fourth-order valence-corrected chi connectivity index (χ4v) is 3.38. The number of pyridine rings is 1. The Morgan fingerprint density at radius 1 is 1.41 bits per heavy atom. The number of allylic oxidation sites excluding steroid dienone is 1. The molecule has 0 radical (unpaired) electrons. The van der Waals surface area contributed by atoms with Gasteiger partial charge in [-0.3, -0.25) is 4.79 Å². The van der Waals surface area contributed by atoms with E-state index < -0.39 is 11.8 Å². The highest BCUT2D eigenvalue weighted by molar-refractivity contribution is 5.98. The summed E-state index contributed by atoms with van der Waals surface area (Å²) in [5.74, 6) is -0.167. The predicted octanol–water partition coefficient (Wildman–Crippen LogP) is 2.68. The summed E-state index contributed by atoms with van der Waals surface area (Å²) in [5.41, 5.74) is 9.44. The number of carbonyl (C=O) groups is 1. The molecule has 0 saturated heterocycles. The lowest BCUT2D eigenvalue weighted by atomic mass is 9.80. The van der Waals surface area contributed by atoms with E-state index in [9.17, 15) is 10.1 Å². The average Bonchev–Trinajstić information content (AvgIpc) is 2.66. The maximum absolute atomic E-state index is 12.3. The minimum absolute atomic E-state index is 0.402. The molecule has 2 heterocycles. The molecule has 1 aliphatic heterocycles. The van der Waals surface area contributed by atoms with Gasteiger partial charge in [-0.15, -0.1) is 0 Å². The third kappa shape index (κ3) is 3.17. The Hall–Kier alpha value is -3.53. The molecule has 1 aromatic heterocycles. The number of amides is 1. The molecular formula is C20H20N4O3. The number of nitrogens with zero attached hydrogens (tertiary/aromatic N) is 2. The van der Waals surface area contributed by atoms with Crippen LogP contribution in [0.2, 0.25) is 0 Å². The molecule has 7 heteroatoms. The van der Waals surface area contributed by atoms with Crippen LogP contribution < -0.4 is 20.5 Å². The van der Waals surface area contributed by atoms with Gasteiger partial charge in [0.15, 0.2) is 0 Å². The van der Waals surface area contributed by atoms with Crippen molar-refractivity contribution < 1.29 is 14.3 Å². The second-order valence-electron chi connectivity index (χ2n) is 6.04. The van der Waals surface area contributed by atoms with E-state index in [0.717, 1.165) is 5.69 Å². The van der Waals surface area contributed by atoms with E-state index in [1.807, 2.05) is 13.0 Å². The van der Waals surface area contributed by atoms with Crippen molar-refractivity contribution in [3.05, 3.63) is 58.4 Å². The standard InChI is InChI=1S/C20H20N4O3/c1-4-27-20-18-14(7-8-23-20)24-11(2)16(19(22)25)17(18)13-6-5-12(10-21)9-15(13)26-3/h5-9,17,24H,4H2,1-3H3,(H2,22,25). The zero-order chi connectivity index (χ0) is 19.6. The van der Waals surface area contributed by atoms with Crippen LogP contribution in [0.25, 0.3) is 0 Å². The van der Waals surface area contributed by atoms with Gasteiger partial charge in [0.2, 0.25) is 11.8 Å². The number of ether oxygens (including phenoxy) is 2. The van der Waals surface area contributed by atoms with E-state index in [1.54, 1.807) is 31.3 Å². The number of nitrogens with two attached hydrogens (primary N) is 1. The maximum atomic E-state index is 12.3. The number of hydrogen-bond acceptors (Lipinski definition) is 6. The topological polar surface area (TPSA) is 110 Å². The summed E-state index contributed by atoms with van der Waals surface area (Å²) in [6.07, 6.45) is 1.65. The molecule has 7 nitrogen and oxygen atoms in total. The molecule has 1 atom stereocenters. The molecule has 1 aliphatic rings. The lowest BCUT2D eigenvalue weighted by Gasteiger charge is -2.31. The summed E-state index contributed by atoms with van der Waals surface area (Å²) < 4.78 is 11.2. The van der Waals surface area contributed by atoms with Crippen molar-refractivity contribution in [3.8, 4) is 17.7 Å². The van der Waals surface area contributed by atoms with Gasteiger partial charge in [-0.2, -0.15) is 5.26 Å². The van der Waals surface area contributed by atoms with Crippen LogP contribution in [-0.2, 0) is 4.79 Å². The molecule has 0 aliphatic carbocycles. The summed E-state index contributed by atoms with van der Waals surface area (Å²) in [6.45, 7) is 4.09. The fourth-order valence-electron chi connectivity index (χ4n) is 3.38. The van der Waals surface area contributed by atoms with E-state index in [-0.39, 0.29) is 0 Å². The lowest BCUT2D eigenvalue weighted by molar-refractivity contribution is -0.114. The maximum Gasteiger partial charge on any atom is 0.247 e. The van der Waals surface area contributed by atoms with Gasteiger partial charge in [0, 0.05) is 28.7 Å². The fraction of sp³-hybridized carbons (Fsp3) is 0.250. The number of rotatable bonds is 5. The van der Waals surface area contributed by atoms with Crippen LogP contribution >= 0.6 is 0 Å². The molecule has 0 spiro atoms. The van der Waals surface area contributed by atoms with Gasteiger partial charge in [-0.05, 0) is 32.0 Å². The Morgan fingerprint density at radius 2 is 2.19 bits per heavy atom. The van der Waals surface area contributed by atoms with E-state index in [2.05, 4.69) is 16.4 Å². The highest BCUT2D eigenvalue weighted by Crippen LogP contribution is 2.47. The molecular weight excluding hydrogens is 344 g/mol. The number of methoxy groups -OCH3 is 1. The number of benzene rings is 1. The first kappa shape index (κ1) is 18.3. The summed E-state index contributed by atoms with van der Waals surface area (Å²) in [5, 5.41) is 12.4. The molecule has 1 aromatic carbocycles. The number of aromatic nitrogens is 1. The van der Waals surface area contributed by atoms with Gasteiger partial charge in [0.1, 0.15) is 5.75 Å². The van der Waals surface area contributed by atoms with Crippen molar-refractivity contribution in [2.24, 2.45) is 5.73 Å². The van der Waals surface area contributed by atoms with Gasteiger partial charge in [-0.25, -0.2) is 4.98 Å². The van der Waals surface area contributed by atoms with Gasteiger partial charge < -0.3 is 20.5 Å². The first-order chi connectivity index (χ1) is 13.0. The minimum Gasteiger partial charge on any atom is -0.496 e. The smallest absolute Gasteiger partial charge is 0.247 e. The lowest BCUT2D eigenvalue weighted by Crippen LogP contribution is -2.28. The van der Waals surface area contributed by atoms with Crippen molar-refractivity contribution >= 4 is 11.6 Å². The normalized spacial score (nSPS) is 15.4. The molecule has 0 fully saturated rings. The van der Waals surface area contributed by atoms with Crippen LogP contribution in [0.1, 0.15) is 36.5 Å². The zero-order valence-corrected chi connectivity index (χ0v) is 15.4. The third-order valence-electron chi connectivity index (χ3n) is 4.48. The molecule has 1 unspecified atom stereocenters. The van der Waals surface area contributed by atoms with Crippen molar-refractivity contribution in [1.82, 2.24) is 4.98 Å². The van der Waals surface area contributed by atoms with Crippen molar-refractivity contribution in [2.75, 3.05) is 19.0 Å². The molecule has 3 rings (SSSR count). The number of primary amides is 1. The van der Waals surface area contributed by atoms with E-state index in [0.29, 0.717) is 46.2 Å². The first-order valence-electron chi connectivity index (χ1n) is 8.49. The van der Waals surface area contributed by atoms with Crippen LogP contribution in [0.4, 0.5) is 5.69 Å². The molecule has 0 saturated carbocycles.